The van der Waals surface area contributed by atoms with Crippen molar-refractivity contribution in [3.8, 4) is 5.69 Å². The van der Waals surface area contributed by atoms with Gasteiger partial charge < -0.3 is 9.88 Å². The summed E-state index contributed by atoms with van der Waals surface area (Å²) in [4.78, 5) is 16.0. The molecule has 1 N–H and O–H groups in total. The third-order valence-corrected chi connectivity index (χ3v) is 2.82. The first kappa shape index (κ1) is 9.42. The molecule has 0 radical (unpaired) electrons. The Balaban J connectivity index is 2.31. The lowest BCUT2D eigenvalue weighted by Crippen LogP contribution is -2.21. The van der Waals surface area contributed by atoms with Gasteiger partial charge in [0.15, 0.2) is 0 Å². The van der Waals surface area contributed by atoms with Gasteiger partial charge in [-0.1, -0.05) is 11.6 Å². The average molecular weight is 234 g/mol. The number of rotatable bonds is 0. The van der Waals surface area contributed by atoms with Crippen LogP contribution in [-0.2, 0) is 6.54 Å². The number of aromatic nitrogens is 2. The summed E-state index contributed by atoms with van der Waals surface area (Å²) in [6, 6.07) is 5.26. The van der Waals surface area contributed by atoms with E-state index >= 15 is 0 Å². The van der Waals surface area contributed by atoms with Gasteiger partial charge in [-0.25, -0.2) is 4.98 Å². The van der Waals surface area contributed by atoms with Crippen molar-refractivity contribution in [3.05, 3.63) is 47.0 Å². The van der Waals surface area contributed by atoms with E-state index in [1.807, 2.05) is 16.8 Å². The first-order valence-electron chi connectivity index (χ1n) is 4.86. The third-order valence-electron chi connectivity index (χ3n) is 2.59. The molecule has 0 saturated heterocycles. The number of amides is 1. The highest BCUT2D eigenvalue weighted by Crippen LogP contribution is 2.22. The second-order valence-electron chi connectivity index (χ2n) is 3.56. The summed E-state index contributed by atoms with van der Waals surface area (Å²) in [5.41, 5.74) is 1.39. The molecule has 2 heterocycles. The van der Waals surface area contributed by atoms with Crippen molar-refractivity contribution >= 4 is 17.5 Å². The van der Waals surface area contributed by atoms with Crippen molar-refractivity contribution in [2.75, 3.05) is 0 Å². The molecule has 0 aliphatic carbocycles. The van der Waals surface area contributed by atoms with E-state index in [0.29, 0.717) is 17.1 Å². The highest BCUT2D eigenvalue weighted by Gasteiger charge is 2.19. The lowest BCUT2D eigenvalue weighted by atomic mass is 10.1. The largest absolute Gasteiger partial charge is 0.345 e. The Hall–Kier alpha value is -1.81. The smallest absolute Gasteiger partial charge is 0.253 e. The molecule has 80 valence electrons. The number of hydrogen-bond donors (Lipinski definition) is 1. The summed E-state index contributed by atoms with van der Waals surface area (Å²) in [6.45, 7) is 0.429. The zero-order valence-corrected chi connectivity index (χ0v) is 9.03. The minimum atomic E-state index is -0.122. The average Bonchev–Trinajstić information content (AvgIpc) is 2.69. The third kappa shape index (κ3) is 1.31. The van der Waals surface area contributed by atoms with Crippen molar-refractivity contribution in [2.45, 2.75) is 6.54 Å². The van der Waals surface area contributed by atoms with Gasteiger partial charge in [0.25, 0.3) is 5.91 Å². The van der Waals surface area contributed by atoms with Gasteiger partial charge in [-0.2, -0.15) is 0 Å². The number of hydrogen-bond acceptors (Lipinski definition) is 2. The molecule has 0 spiro atoms. The van der Waals surface area contributed by atoms with Crippen LogP contribution in [0.2, 0.25) is 5.02 Å². The zero-order valence-electron chi connectivity index (χ0n) is 8.27. The molecule has 0 unspecified atom stereocenters. The van der Waals surface area contributed by atoms with Crippen molar-refractivity contribution in [3.63, 3.8) is 0 Å². The Kier molecular flexibility index (Phi) is 1.97. The molecule has 3 rings (SSSR count). The normalized spacial score (nSPS) is 13.7. The number of benzene rings is 1. The van der Waals surface area contributed by atoms with Gasteiger partial charge in [-0.3, -0.25) is 4.79 Å². The summed E-state index contributed by atoms with van der Waals surface area (Å²) >= 11 is 5.89. The van der Waals surface area contributed by atoms with Crippen LogP contribution in [0.5, 0.6) is 0 Å². The van der Waals surface area contributed by atoms with E-state index in [-0.39, 0.29) is 5.91 Å². The Morgan fingerprint density at radius 1 is 1.44 bits per heavy atom. The molecule has 1 aliphatic rings. The van der Waals surface area contributed by atoms with Crippen LogP contribution in [0.15, 0.2) is 30.6 Å². The predicted molar refractivity (Wildman–Crippen MR) is 59.7 cm³/mol. The maximum atomic E-state index is 11.8. The van der Waals surface area contributed by atoms with Crippen LogP contribution in [0.3, 0.4) is 0 Å². The molecule has 16 heavy (non-hydrogen) atoms. The summed E-state index contributed by atoms with van der Waals surface area (Å²) in [6.07, 6.45) is 3.55. The topological polar surface area (TPSA) is 46.9 Å². The molecule has 5 heteroatoms. The second kappa shape index (κ2) is 3.35. The number of carbonyl (C=O) groups is 1. The Morgan fingerprint density at radius 3 is 3.19 bits per heavy atom. The van der Waals surface area contributed by atoms with Crippen LogP contribution >= 0.6 is 11.6 Å². The summed E-state index contributed by atoms with van der Waals surface area (Å²) in [5, 5.41) is 3.34. The minimum Gasteiger partial charge on any atom is -0.345 e. The van der Waals surface area contributed by atoms with Crippen molar-refractivity contribution < 1.29 is 4.79 Å². The number of fused-ring (bicyclic) bond motifs is 3. The van der Waals surface area contributed by atoms with Crippen molar-refractivity contribution in [1.29, 1.82) is 0 Å². The quantitative estimate of drug-likeness (QED) is 0.754. The van der Waals surface area contributed by atoms with E-state index in [4.69, 9.17) is 11.6 Å². The summed E-state index contributed by atoms with van der Waals surface area (Å²) in [5.74, 6) is 0.692. The van der Waals surface area contributed by atoms with Gasteiger partial charge in [-0.05, 0) is 18.2 Å². The fraction of sp³-hybridized carbons (Fsp3) is 0.0909. The SMILES string of the molecule is O=C1NCc2nccn2-c2ccc(Cl)cc21. The zero-order chi connectivity index (χ0) is 11.1. The van der Waals surface area contributed by atoms with Crippen LogP contribution in [0.25, 0.3) is 5.69 Å². The Bertz CT molecular complexity index is 576. The molecule has 1 aliphatic heterocycles. The molecule has 0 saturated carbocycles. The molecule has 1 amide bonds. The fourth-order valence-electron chi connectivity index (χ4n) is 1.84. The lowest BCUT2D eigenvalue weighted by molar-refractivity contribution is 0.0952. The van der Waals surface area contributed by atoms with Crippen molar-refractivity contribution in [1.82, 2.24) is 14.9 Å². The second-order valence-corrected chi connectivity index (χ2v) is 3.99. The minimum absolute atomic E-state index is 0.122. The number of nitrogens with one attached hydrogen (secondary N) is 1. The van der Waals surface area contributed by atoms with Gasteiger partial charge in [0.2, 0.25) is 0 Å². The fourth-order valence-corrected chi connectivity index (χ4v) is 2.01. The number of carbonyl (C=O) groups excluding carboxylic acids is 1. The number of halogens is 1. The molecular weight excluding hydrogens is 226 g/mol. The summed E-state index contributed by atoms with van der Waals surface area (Å²) in [7, 11) is 0. The van der Waals surface area contributed by atoms with E-state index in [1.54, 1.807) is 18.3 Å². The van der Waals surface area contributed by atoms with Gasteiger partial charge >= 0.3 is 0 Å². The lowest BCUT2D eigenvalue weighted by Gasteiger charge is -2.07. The Labute approximate surface area is 96.9 Å². The maximum Gasteiger partial charge on any atom is 0.253 e. The van der Waals surface area contributed by atoms with E-state index < -0.39 is 0 Å². The standard InChI is InChI=1S/C11H8ClN3O/c12-7-1-2-9-8(5-7)11(16)14-6-10-13-3-4-15(9)10/h1-5H,6H2,(H,14,16). The van der Waals surface area contributed by atoms with E-state index in [9.17, 15) is 4.79 Å². The van der Waals surface area contributed by atoms with E-state index in [1.165, 1.54) is 0 Å². The van der Waals surface area contributed by atoms with Crippen LogP contribution < -0.4 is 5.32 Å². The Morgan fingerprint density at radius 2 is 2.31 bits per heavy atom. The molecule has 4 nitrogen and oxygen atoms in total. The molecular formula is C11H8ClN3O. The van der Waals surface area contributed by atoms with E-state index in [0.717, 1.165) is 11.5 Å². The van der Waals surface area contributed by atoms with Crippen LogP contribution in [-0.4, -0.2) is 15.5 Å². The maximum absolute atomic E-state index is 11.8. The molecule has 0 bridgehead atoms. The molecule has 2 aromatic rings. The van der Waals surface area contributed by atoms with Gasteiger partial charge in [0.05, 0.1) is 17.8 Å². The van der Waals surface area contributed by atoms with E-state index in [2.05, 4.69) is 10.3 Å². The van der Waals surface area contributed by atoms with Crippen LogP contribution in [0, 0.1) is 0 Å². The summed E-state index contributed by atoms with van der Waals surface area (Å²) < 4.78 is 1.89. The highest BCUT2D eigenvalue weighted by molar-refractivity contribution is 6.31. The van der Waals surface area contributed by atoms with Gasteiger partial charge in [0, 0.05) is 17.4 Å². The molecule has 0 fully saturated rings. The van der Waals surface area contributed by atoms with Crippen LogP contribution in [0.1, 0.15) is 16.2 Å². The molecule has 0 atom stereocenters. The molecule has 1 aromatic heterocycles. The van der Waals surface area contributed by atoms with Crippen LogP contribution in [0.4, 0.5) is 0 Å². The monoisotopic (exact) mass is 233 g/mol. The number of nitrogens with zero attached hydrogens (tertiary/aromatic N) is 2. The number of imidazole rings is 1. The first-order chi connectivity index (χ1) is 7.75. The highest BCUT2D eigenvalue weighted by atomic mass is 35.5. The predicted octanol–water partition coefficient (Wildman–Crippen LogP) is 1.77. The first-order valence-corrected chi connectivity index (χ1v) is 5.24. The van der Waals surface area contributed by atoms with Gasteiger partial charge in [-0.15, -0.1) is 0 Å². The molecule has 1 aromatic carbocycles. The van der Waals surface area contributed by atoms with Gasteiger partial charge in [0.1, 0.15) is 5.82 Å². The van der Waals surface area contributed by atoms with Crippen molar-refractivity contribution in [2.24, 2.45) is 0 Å².